The number of hydrogen-bond donors (Lipinski definition) is 1. The molecule has 0 aliphatic carbocycles. The van der Waals surface area contributed by atoms with E-state index >= 15 is 0 Å². The van der Waals surface area contributed by atoms with Crippen molar-refractivity contribution < 1.29 is 4.79 Å². The Morgan fingerprint density at radius 3 is 2.78 bits per heavy atom. The molecular formula is C21H25N5O. The number of benzene rings is 1. The van der Waals surface area contributed by atoms with Crippen molar-refractivity contribution in [3.8, 4) is 0 Å². The maximum absolute atomic E-state index is 12.9. The third-order valence-electron chi connectivity index (χ3n) is 5.06. The molecule has 6 nitrogen and oxygen atoms in total. The van der Waals surface area contributed by atoms with Crippen LogP contribution in [-0.2, 0) is 6.54 Å². The van der Waals surface area contributed by atoms with Crippen LogP contribution >= 0.6 is 0 Å². The molecule has 3 heterocycles. The van der Waals surface area contributed by atoms with Gasteiger partial charge < -0.3 is 10.2 Å². The van der Waals surface area contributed by atoms with Gasteiger partial charge in [-0.1, -0.05) is 36.4 Å². The minimum absolute atomic E-state index is 0.0591. The molecule has 27 heavy (non-hydrogen) atoms. The molecule has 0 radical (unpaired) electrons. The minimum Gasteiger partial charge on any atom is -0.347 e. The summed E-state index contributed by atoms with van der Waals surface area (Å²) in [7, 11) is 2.11. The smallest absolute Gasteiger partial charge is 0.255 e. The van der Waals surface area contributed by atoms with Crippen LogP contribution in [0.5, 0.6) is 0 Å². The number of hydrogen-bond acceptors (Lipinski definition) is 4. The van der Waals surface area contributed by atoms with Crippen LogP contribution in [0.2, 0.25) is 0 Å². The van der Waals surface area contributed by atoms with Crippen molar-refractivity contribution in [2.75, 3.05) is 33.2 Å². The average molecular weight is 363 g/mol. The molecule has 140 valence electrons. The highest BCUT2D eigenvalue weighted by Crippen LogP contribution is 2.12. The van der Waals surface area contributed by atoms with E-state index < -0.39 is 0 Å². The zero-order valence-electron chi connectivity index (χ0n) is 15.6. The van der Waals surface area contributed by atoms with Crippen LogP contribution in [0.1, 0.15) is 15.9 Å². The number of amides is 1. The molecule has 6 heteroatoms. The standard InChI is InChI=1S/C21H25N5O/c1-24-11-12-25(14-17-7-3-2-4-8-17)16-18(15-24)23-21(27)19-13-22-26-10-6-5-9-20(19)26/h2-10,13,18H,11-12,14-16H2,1H3,(H,23,27). The second-order valence-electron chi connectivity index (χ2n) is 7.24. The third kappa shape index (κ3) is 4.18. The van der Waals surface area contributed by atoms with E-state index in [0.29, 0.717) is 5.56 Å². The van der Waals surface area contributed by atoms with E-state index in [2.05, 4.69) is 51.5 Å². The second-order valence-corrected chi connectivity index (χ2v) is 7.24. The zero-order valence-corrected chi connectivity index (χ0v) is 15.6. The van der Waals surface area contributed by atoms with E-state index in [4.69, 9.17) is 0 Å². The van der Waals surface area contributed by atoms with Crippen LogP contribution in [0.4, 0.5) is 0 Å². The lowest BCUT2D eigenvalue weighted by atomic mass is 10.2. The summed E-state index contributed by atoms with van der Waals surface area (Å²) in [4.78, 5) is 17.6. The average Bonchev–Trinajstić information content (AvgIpc) is 3.03. The molecule has 2 aromatic heterocycles. The molecule has 3 aromatic rings. The van der Waals surface area contributed by atoms with Crippen molar-refractivity contribution in [1.82, 2.24) is 24.7 Å². The van der Waals surface area contributed by atoms with Gasteiger partial charge in [0.25, 0.3) is 5.91 Å². The van der Waals surface area contributed by atoms with Gasteiger partial charge in [-0.15, -0.1) is 0 Å². The van der Waals surface area contributed by atoms with Crippen molar-refractivity contribution in [2.24, 2.45) is 0 Å². The molecule has 1 atom stereocenters. The zero-order chi connectivity index (χ0) is 18.6. The highest BCUT2D eigenvalue weighted by Gasteiger charge is 2.24. The lowest BCUT2D eigenvalue weighted by Crippen LogP contribution is -2.46. The summed E-state index contributed by atoms with van der Waals surface area (Å²) in [5.41, 5.74) is 2.75. The first-order valence-corrected chi connectivity index (χ1v) is 9.37. The predicted octanol–water partition coefficient (Wildman–Crippen LogP) is 1.88. The van der Waals surface area contributed by atoms with E-state index in [9.17, 15) is 4.79 Å². The molecule has 1 unspecified atom stereocenters. The fraction of sp³-hybridized carbons (Fsp3) is 0.333. The molecule has 1 N–H and O–H groups in total. The van der Waals surface area contributed by atoms with Crippen LogP contribution in [0, 0.1) is 0 Å². The Kier molecular flexibility index (Phi) is 5.18. The van der Waals surface area contributed by atoms with Gasteiger partial charge in [-0.2, -0.15) is 5.10 Å². The first-order chi connectivity index (χ1) is 13.2. The van der Waals surface area contributed by atoms with Crippen molar-refractivity contribution in [1.29, 1.82) is 0 Å². The largest absolute Gasteiger partial charge is 0.347 e. The normalized spacial score (nSPS) is 19.1. The summed E-state index contributed by atoms with van der Waals surface area (Å²) in [6.07, 6.45) is 3.50. The summed E-state index contributed by atoms with van der Waals surface area (Å²) in [5, 5.41) is 7.50. The molecule has 1 fully saturated rings. The Bertz CT molecular complexity index is 907. The van der Waals surface area contributed by atoms with E-state index in [1.807, 2.05) is 30.5 Å². The number of nitrogens with zero attached hydrogens (tertiary/aromatic N) is 4. The van der Waals surface area contributed by atoms with Crippen LogP contribution in [0.3, 0.4) is 0 Å². The third-order valence-corrected chi connectivity index (χ3v) is 5.06. The maximum atomic E-state index is 12.9. The fourth-order valence-electron chi connectivity index (χ4n) is 3.69. The monoisotopic (exact) mass is 363 g/mol. The van der Waals surface area contributed by atoms with E-state index in [0.717, 1.165) is 38.2 Å². The van der Waals surface area contributed by atoms with Gasteiger partial charge >= 0.3 is 0 Å². The summed E-state index contributed by atoms with van der Waals surface area (Å²) in [5.74, 6) is -0.0591. The Hall–Kier alpha value is -2.70. The van der Waals surface area contributed by atoms with Crippen molar-refractivity contribution in [3.63, 3.8) is 0 Å². The Labute approximate surface area is 159 Å². The molecule has 0 spiro atoms. The van der Waals surface area contributed by atoms with Crippen LogP contribution in [0.15, 0.2) is 60.9 Å². The van der Waals surface area contributed by atoms with Crippen LogP contribution in [0.25, 0.3) is 5.52 Å². The van der Waals surface area contributed by atoms with E-state index in [1.165, 1.54) is 5.56 Å². The van der Waals surface area contributed by atoms with E-state index in [-0.39, 0.29) is 11.9 Å². The maximum Gasteiger partial charge on any atom is 0.255 e. The van der Waals surface area contributed by atoms with Gasteiger partial charge in [0.05, 0.1) is 23.3 Å². The topological polar surface area (TPSA) is 52.9 Å². The number of aromatic nitrogens is 2. The fourth-order valence-corrected chi connectivity index (χ4v) is 3.69. The van der Waals surface area contributed by atoms with Crippen molar-refractivity contribution in [2.45, 2.75) is 12.6 Å². The van der Waals surface area contributed by atoms with Gasteiger partial charge in [0.2, 0.25) is 0 Å². The molecule has 4 rings (SSSR count). The van der Waals surface area contributed by atoms with Gasteiger partial charge in [-0.3, -0.25) is 9.69 Å². The minimum atomic E-state index is -0.0591. The molecule has 1 amide bonds. The molecule has 0 saturated carbocycles. The molecule has 1 saturated heterocycles. The molecule has 1 aliphatic heterocycles. The van der Waals surface area contributed by atoms with Crippen LogP contribution in [-0.4, -0.2) is 64.6 Å². The van der Waals surface area contributed by atoms with Crippen molar-refractivity contribution in [3.05, 3.63) is 72.1 Å². The first kappa shape index (κ1) is 17.7. The lowest BCUT2D eigenvalue weighted by molar-refractivity contribution is 0.0925. The van der Waals surface area contributed by atoms with Gasteiger partial charge in [0.15, 0.2) is 0 Å². The number of carbonyl (C=O) groups excluding carboxylic acids is 1. The number of pyridine rings is 1. The molecular weight excluding hydrogens is 338 g/mol. The Balaban J connectivity index is 1.47. The van der Waals surface area contributed by atoms with Crippen LogP contribution < -0.4 is 5.32 Å². The van der Waals surface area contributed by atoms with Gasteiger partial charge in [-0.25, -0.2) is 4.52 Å². The number of nitrogens with one attached hydrogen (secondary N) is 1. The highest BCUT2D eigenvalue weighted by molar-refractivity contribution is 6.00. The molecule has 1 aromatic carbocycles. The summed E-state index contributed by atoms with van der Waals surface area (Å²) < 4.78 is 1.73. The number of fused-ring (bicyclic) bond motifs is 1. The summed E-state index contributed by atoms with van der Waals surface area (Å²) in [6.45, 7) is 4.57. The lowest BCUT2D eigenvalue weighted by Gasteiger charge is -2.24. The van der Waals surface area contributed by atoms with Gasteiger partial charge in [-0.05, 0) is 24.7 Å². The first-order valence-electron chi connectivity index (χ1n) is 9.37. The summed E-state index contributed by atoms with van der Waals surface area (Å²) >= 11 is 0. The quantitative estimate of drug-likeness (QED) is 0.769. The molecule has 0 bridgehead atoms. The van der Waals surface area contributed by atoms with Crippen molar-refractivity contribution >= 4 is 11.4 Å². The van der Waals surface area contributed by atoms with Gasteiger partial charge in [0.1, 0.15) is 0 Å². The van der Waals surface area contributed by atoms with Gasteiger partial charge in [0, 0.05) is 38.9 Å². The number of likely N-dealkylation sites (N-methyl/N-ethyl adjacent to an activating group) is 1. The second kappa shape index (κ2) is 7.90. The SMILES string of the molecule is CN1CCN(Cc2ccccc2)CC(NC(=O)c2cnn3ccccc23)C1. The number of carbonyl (C=O) groups is 1. The Morgan fingerprint density at radius 2 is 1.93 bits per heavy atom. The molecule has 1 aliphatic rings. The van der Waals surface area contributed by atoms with E-state index in [1.54, 1.807) is 10.7 Å². The number of rotatable bonds is 4. The highest BCUT2D eigenvalue weighted by atomic mass is 16.1. The predicted molar refractivity (Wildman–Crippen MR) is 106 cm³/mol. The summed E-state index contributed by atoms with van der Waals surface area (Å²) in [6, 6.07) is 16.3. The Morgan fingerprint density at radius 1 is 1.11 bits per heavy atom.